The summed E-state index contributed by atoms with van der Waals surface area (Å²) in [5, 5.41) is 9.99. The third-order valence-electron chi connectivity index (χ3n) is 3.74. The fourth-order valence-electron chi connectivity index (χ4n) is 2.35. The molecule has 7 nitrogen and oxygen atoms in total. The quantitative estimate of drug-likeness (QED) is 0.608. The van der Waals surface area contributed by atoms with Gasteiger partial charge in [0.05, 0.1) is 17.3 Å². The molecule has 2 aromatic carbocycles. The van der Waals surface area contributed by atoms with Gasteiger partial charge in [0.25, 0.3) is 11.8 Å². The molecule has 3 rings (SSSR count). The van der Waals surface area contributed by atoms with E-state index in [9.17, 15) is 9.59 Å². The van der Waals surface area contributed by atoms with E-state index in [-0.39, 0.29) is 6.61 Å². The van der Waals surface area contributed by atoms with Crippen LogP contribution in [0.15, 0.2) is 48.5 Å². The number of nitrogens with zero attached hydrogens (tertiary/aromatic N) is 2. The number of carbonyl (C=O) groups is 2. The number of halogens is 1. The largest absolute Gasteiger partial charge is 0.484 e. The molecular weight excluding hydrogens is 412 g/mol. The first-order chi connectivity index (χ1) is 14.0. The third-order valence-corrected chi connectivity index (χ3v) is 5.18. The molecule has 0 saturated carbocycles. The number of hydrazine groups is 1. The number of thiazole rings is 1. The average molecular weight is 427 g/mol. The molecule has 0 aliphatic heterocycles. The van der Waals surface area contributed by atoms with Crippen LogP contribution in [0, 0.1) is 18.3 Å². The molecule has 0 unspecified atom stereocenters. The Morgan fingerprint density at radius 1 is 1.21 bits per heavy atom. The molecule has 0 spiro atoms. The first-order valence-corrected chi connectivity index (χ1v) is 9.61. The zero-order valence-corrected chi connectivity index (χ0v) is 16.8. The number of nitriles is 1. The van der Waals surface area contributed by atoms with E-state index in [1.54, 1.807) is 43.3 Å². The SMILES string of the molecule is Cc1nc(-c2cccc(Cl)c2)sc1C(=O)NNC(=O)COc1ccc(C#N)cc1. The van der Waals surface area contributed by atoms with E-state index in [0.717, 1.165) is 5.56 Å². The van der Waals surface area contributed by atoms with Crippen molar-refractivity contribution in [2.75, 3.05) is 6.61 Å². The first-order valence-electron chi connectivity index (χ1n) is 8.42. The number of aryl methyl sites for hydroxylation is 1. The lowest BCUT2D eigenvalue weighted by atomic mass is 10.2. The maximum absolute atomic E-state index is 12.4. The number of carbonyl (C=O) groups excluding carboxylic acids is 2. The highest BCUT2D eigenvalue weighted by molar-refractivity contribution is 7.17. The monoisotopic (exact) mass is 426 g/mol. The van der Waals surface area contributed by atoms with Gasteiger partial charge in [-0.05, 0) is 43.3 Å². The molecule has 1 aromatic heterocycles. The Morgan fingerprint density at radius 2 is 1.97 bits per heavy atom. The van der Waals surface area contributed by atoms with E-state index < -0.39 is 11.8 Å². The lowest BCUT2D eigenvalue weighted by molar-refractivity contribution is -0.123. The molecule has 0 aliphatic carbocycles. The molecule has 3 aromatic rings. The van der Waals surface area contributed by atoms with Crippen LogP contribution in [0.5, 0.6) is 5.75 Å². The molecule has 0 saturated heterocycles. The Kier molecular flexibility index (Phi) is 6.44. The zero-order chi connectivity index (χ0) is 20.8. The van der Waals surface area contributed by atoms with Gasteiger partial charge in [0.15, 0.2) is 6.61 Å². The van der Waals surface area contributed by atoms with E-state index in [1.807, 2.05) is 18.2 Å². The summed E-state index contributed by atoms with van der Waals surface area (Å²) in [6, 6.07) is 15.5. The number of hydrogen-bond acceptors (Lipinski definition) is 6. The number of amides is 2. The minimum absolute atomic E-state index is 0.290. The molecule has 2 N–H and O–H groups in total. The third kappa shape index (κ3) is 5.31. The van der Waals surface area contributed by atoms with E-state index in [0.29, 0.717) is 31.9 Å². The summed E-state index contributed by atoms with van der Waals surface area (Å²) >= 11 is 7.21. The van der Waals surface area contributed by atoms with Crippen LogP contribution in [0.25, 0.3) is 10.6 Å². The highest BCUT2D eigenvalue weighted by Crippen LogP contribution is 2.29. The Labute approximate surface area is 175 Å². The van der Waals surface area contributed by atoms with Gasteiger partial charge < -0.3 is 4.74 Å². The molecule has 0 bridgehead atoms. The van der Waals surface area contributed by atoms with Gasteiger partial charge in [-0.25, -0.2) is 4.98 Å². The lowest BCUT2D eigenvalue weighted by Gasteiger charge is -2.08. The molecule has 146 valence electrons. The fraction of sp³-hybridized carbons (Fsp3) is 0.100. The highest BCUT2D eigenvalue weighted by Gasteiger charge is 2.17. The lowest BCUT2D eigenvalue weighted by Crippen LogP contribution is -2.43. The van der Waals surface area contributed by atoms with Gasteiger partial charge in [0.2, 0.25) is 0 Å². The normalized spacial score (nSPS) is 10.1. The highest BCUT2D eigenvalue weighted by atomic mass is 35.5. The van der Waals surface area contributed by atoms with Crippen molar-refractivity contribution in [3.05, 3.63) is 69.7 Å². The van der Waals surface area contributed by atoms with Crippen LogP contribution in [0.1, 0.15) is 20.9 Å². The summed E-state index contributed by atoms with van der Waals surface area (Å²) in [6.07, 6.45) is 0. The molecule has 0 fully saturated rings. The van der Waals surface area contributed by atoms with E-state index in [4.69, 9.17) is 21.6 Å². The zero-order valence-electron chi connectivity index (χ0n) is 15.2. The van der Waals surface area contributed by atoms with Crippen LogP contribution in [0.3, 0.4) is 0 Å². The van der Waals surface area contributed by atoms with Crippen LogP contribution < -0.4 is 15.6 Å². The maximum atomic E-state index is 12.4. The van der Waals surface area contributed by atoms with Crippen LogP contribution in [-0.2, 0) is 4.79 Å². The van der Waals surface area contributed by atoms with Crippen molar-refractivity contribution in [3.63, 3.8) is 0 Å². The molecule has 0 radical (unpaired) electrons. The Hall–Kier alpha value is -3.41. The van der Waals surface area contributed by atoms with Crippen LogP contribution in [0.4, 0.5) is 0 Å². The second kappa shape index (κ2) is 9.19. The molecular formula is C20H15ClN4O3S. The van der Waals surface area contributed by atoms with Gasteiger partial charge in [-0.3, -0.25) is 20.4 Å². The minimum Gasteiger partial charge on any atom is -0.484 e. The summed E-state index contributed by atoms with van der Waals surface area (Å²) in [5.41, 5.74) is 6.50. The number of ether oxygens (including phenoxy) is 1. The molecule has 0 aliphatic rings. The van der Waals surface area contributed by atoms with Crippen molar-refractivity contribution >= 4 is 34.8 Å². The maximum Gasteiger partial charge on any atom is 0.281 e. The summed E-state index contributed by atoms with van der Waals surface area (Å²) in [5.74, 6) is -0.560. The van der Waals surface area contributed by atoms with Crippen molar-refractivity contribution in [2.45, 2.75) is 6.92 Å². The molecule has 29 heavy (non-hydrogen) atoms. The number of aromatic nitrogens is 1. The fourth-order valence-corrected chi connectivity index (χ4v) is 3.49. The number of nitrogens with one attached hydrogen (secondary N) is 2. The van der Waals surface area contributed by atoms with Gasteiger partial charge in [-0.15, -0.1) is 11.3 Å². The summed E-state index contributed by atoms with van der Waals surface area (Å²) in [4.78, 5) is 29.0. The summed E-state index contributed by atoms with van der Waals surface area (Å²) in [7, 11) is 0. The van der Waals surface area contributed by atoms with Crippen LogP contribution in [-0.4, -0.2) is 23.4 Å². The molecule has 9 heteroatoms. The Balaban J connectivity index is 1.55. The number of hydrogen-bond donors (Lipinski definition) is 2. The Bertz CT molecular complexity index is 1090. The molecule has 1 heterocycles. The topological polar surface area (TPSA) is 104 Å². The van der Waals surface area contributed by atoms with Crippen LogP contribution >= 0.6 is 22.9 Å². The molecule has 0 atom stereocenters. The standard InChI is InChI=1S/C20H15ClN4O3S/c1-12-18(29-20(23-12)14-3-2-4-15(21)9-14)19(27)25-24-17(26)11-28-16-7-5-13(10-22)6-8-16/h2-9H,11H2,1H3,(H,24,26)(H,25,27). The smallest absolute Gasteiger partial charge is 0.281 e. The van der Waals surface area contributed by atoms with Crippen molar-refractivity contribution < 1.29 is 14.3 Å². The van der Waals surface area contributed by atoms with E-state index >= 15 is 0 Å². The second-order valence-electron chi connectivity index (χ2n) is 5.87. The second-order valence-corrected chi connectivity index (χ2v) is 7.31. The predicted octanol–water partition coefficient (Wildman–Crippen LogP) is 3.48. The predicted molar refractivity (Wildman–Crippen MR) is 110 cm³/mol. The van der Waals surface area contributed by atoms with Crippen molar-refractivity contribution in [1.82, 2.24) is 15.8 Å². The Morgan fingerprint density at radius 3 is 2.66 bits per heavy atom. The van der Waals surface area contributed by atoms with E-state index in [1.165, 1.54) is 11.3 Å². The number of benzene rings is 2. The van der Waals surface area contributed by atoms with Gasteiger partial charge in [0, 0.05) is 10.6 Å². The average Bonchev–Trinajstić information content (AvgIpc) is 3.12. The van der Waals surface area contributed by atoms with Crippen molar-refractivity contribution in [3.8, 4) is 22.4 Å². The summed E-state index contributed by atoms with van der Waals surface area (Å²) in [6.45, 7) is 1.43. The summed E-state index contributed by atoms with van der Waals surface area (Å²) < 4.78 is 5.31. The van der Waals surface area contributed by atoms with Gasteiger partial charge in [0.1, 0.15) is 15.6 Å². The van der Waals surface area contributed by atoms with Gasteiger partial charge in [-0.1, -0.05) is 23.7 Å². The van der Waals surface area contributed by atoms with Crippen molar-refractivity contribution in [1.29, 1.82) is 5.26 Å². The molecule has 2 amide bonds. The van der Waals surface area contributed by atoms with Gasteiger partial charge in [-0.2, -0.15) is 5.26 Å². The van der Waals surface area contributed by atoms with Crippen LogP contribution in [0.2, 0.25) is 5.02 Å². The van der Waals surface area contributed by atoms with E-state index in [2.05, 4.69) is 15.8 Å². The van der Waals surface area contributed by atoms with Crippen molar-refractivity contribution in [2.24, 2.45) is 0 Å². The van der Waals surface area contributed by atoms with Gasteiger partial charge >= 0.3 is 0 Å². The first kappa shape index (κ1) is 20.3. The number of rotatable bonds is 5. The minimum atomic E-state index is -0.528.